The number of hydrogen-bond acceptors (Lipinski definition) is 7. The Bertz CT molecular complexity index is 1200. The molecule has 1 saturated heterocycles. The number of aromatic nitrogens is 5. The average molecular weight is 417 g/mol. The van der Waals surface area contributed by atoms with Gasteiger partial charge in [0.2, 0.25) is 5.95 Å². The van der Waals surface area contributed by atoms with Crippen LogP contribution in [0.15, 0.2) is 43.0 Å². The van der Waals surface area contributed by atoms with Crippen molar-refractivity contribution in [2.45, 2.75) is 45.8 Å². The van der Waals surface area contributed by atoms with E-state index in [4.69, 9.17) is 4.98 Å². The molecule has 31 heavy (non-hydrogen) atoms. The van der Waals surface area contributed by atoms with Gasteiger partial charge in [-0.1, -0.05) is 0 Å². The van der Waals surface area contributed by atoms with Gasteiger partial charge in [-0.25, -0.2) is 19.9 Å². The first-order valence-corrected chi connectivity index (χ1v) is 10.8. The van der Waals surface area contributed by atoms with Gasteiger partial charge in [0, 0.05) is 42.8 Å². The van der Waals surface area contributed by atoms with E-state index in [0.717, 1.165) is 46.5 Å². The van der Waals surface area contributed by atoms with Crippen LogP contribution < -0.4 is 15.5 Å². The second-order valence-electron chi connectivity index (χ2n) is 8.71. The summed E-state index contributed by atoms with van der Waals surface area (Å²) in [5, 5.41) is 7.81. The Morgan fingerprint density at radius 2 is 1.81 bits per heavy atom. The number of fused-ring (bicyclic) bond motifs is 3. The lowest BCUT2D eigenvalue weighted by molar-refractivity contribution is 0.407. The number of rotatable bonds is 4. The van der Waals surface area contributed by atoms with Crippen molar-refractivity contribution in [2.24, 2.45) is 0 Å². The highest BCUT2D eigenvalue weighted by Gasteiger charge is 2.21. The van der Waals surface area contributed by atoms with E-state index >= 15 is 0 Å². The Hall–Kier alpha value is -3.26. The van der Waals surface area contributed by atoms with E-state index in [2.05, 4.69) is 68.8 Å². The zero-order chi connectivity index (χ0) is 21.5. The molecule has 3 aromatic heterocycles. The predicted octanol–water partition coefficient (Wildman–Crippen LogP) is 3.89. The highest BCUT2D eigenvalue weighted by Crippen LogP contribution is 2.27. The van der Waals surface area contributed by atoms with Crippen molar-refractivity contribution in [2.75, 3.05) is 23.3 Å². The van der Waals surface area contributed by atoms with Crippen LogP contribution in [0.5, 0.6) is 0 Å². The fourth-order valence-corrected chi connectivity index (χ4v) is 4.36. The van der Waals surface area contributed by atoms with Crippen LogP contribution in [-0.2, 0) is 0 Å². The molecule has 8 nitrogen and oxygen atoms in total. The summed E-state index contributed by atoms with van der Waals surface area (Å²) in [6.45, 7) is 10.7. The van der Waals surface area contributed by atoms with Gasteiger partial charge in [0.05, 0.1) is 29.2 Å². The lowest BCUT2D eigenvalue weighted by atomic mass is 10.1. The molecule has 0 saturated carbocycles. The topological polar surface area (TPSA) is 83.8 Å². The zero-order valence-corrected chi connectivity index (χ0v) is 18.4. The average Bonchev–Trinajstić information content (AvgIpc) is 3.19. The summed E-state index contributed by atoms with van der Waals surface area (Å²) in [4.78, 5) is 20.8. The van der Waals surface area contributed by atoms with E-state index in [9.17, 15) is 0 Å². The van der Waals surface area contributed by atoms with Gasteiger partial charge in [-0.05, 0) is 52.0 Å². The Morgan fingerprint density at radius 3 is 2.52 bits per heavy atom. The monoisotopic (exact) mass is 416 g/mol. The number of nitrogens with zero attached hydrogens (tertiary/aromatic N) is 6. The van der Waals surface area contributed by atoms with Gasteiger partial charge in [-0.3, -0.25) is 0 Å². The third-order valence-electron chi connectivity index (χ3n) is 5.75. The molecule has 0 amide bonds. The van der Waals surface area contributed by atoms with Crippen molar-refractivity contribution in [1.29, 1.82) is 0 Å². The molecule has 5 rings (SSSR count). The normalized spacial score (nSPS) is 19.5. The number of benzene rings is 1. The molecular formula is C23H28N8. The summed E-state index contributed by atoms with van der Waals surface area (Å²) < 4.78 is 2.15. The summed E-state index contributed by atoms with van der Waals surface area (Å²) >= 11 is 0. The Kier molecular flexibility index (Phi) is 4.94. The van der Waals surface area contributed by atoms with Crippen molar-refractivity contribution in [3.05, 3.63) is 43.0 Å². The van der Waals surface area contributed by atoms with Crippen LogP contribution in [0.1, 0.15) is 33.7 Å². The summed E-state index contributed by atoms with van der Waals surface area (Å²) in [6, 6.07) is 9.35. The maximum atomic E-state index is 4.80. The van der Waals surface area contributed by atoms with E-state index in [-0.39, 0.29) is 0 Å². The van der Waals surface area contributed by atoms with E-state index < -0.39 is 0 Å². The first-order chi connectivity index (χ1) is 15.0. The Morgan fingerprint density at radius 1 is 1.00 bits per heavy atom. The summed E-state index contributed by atoms with van der Waals surface area (Å²) in [5.41, 5.74) is 3.99. The number of pyridine rings is 1. The molecular weight excluding hydrogens is 388 g/mol. The number of piperazine rings is 1. The van der Waals surface area contributed by atoms with Crippen molar-refractivity contribution < 1.29 is 0 Å². The molecule has 1 aliphatic rings. The van der Waals surface area contributed by atoms with Crippen LogP contribution in [-0.4, -0.2) is 49.7 Å². The fourth-order valence-electron chi connectivity index (χ4n) is 4.36. The minimum absolute atomic E-state index is 0.298. The van der Waals surface area contributed by atoms with Crippen molar-refractivity contribution in [3.8, 4) is 0 Å². The summed E-state index contributed by atoms with van der Waals surface area (Å²) in [6.07, 6.45) is 5.64. The molecule has 8 heteroatoms. The Balaban J connectivity index is 1.42. The molecule has 0 unspecified atom stereocenters. The molecule has 2 atom stereocenters. The first-order valence-electron chi connectivity index (χ1n) is 10.8. The van der Waals surface area contributed by atoms with E-state index in [1.165, 1.54) is 0 Å². The third kappa shape index (κ3) is 3.79. The van der Waals surface area contributed by atoms with E-state index in [0.29, 0.717) is 24.1 Å². The van der Waals surface area contributed by atoms with Crippen LogP contribution in [0.25, 0.3) is 21.9 Å². The smallest absolute Gasteiger partial charge is 0.228 e. The van der Waals surface area contributed by atoms with Crippen LogP contribution >= 0.6 is 0 Å². The van der Waals surface area contributed by atoms with Gasteiger partial charge in [-0.2, -0.15) is 0 Å². The van der Waals surface area contributed by atoms with Gasteiger partial charge >= 0.3 is 0 Å². The first kappa shape index (κ1) is 19.7. The summed E-state index contributed by atoms with van der Waals surface area (Å²) in [5.74, 6) is 1.25. The van der Waals surface area contributed by atoms with Gasteiger partial charge < -0.3 is 20.1 Å². The maximum Gasteiger partial charge on any atom is 0.228 e. The molecule has 0 bridgehead atoms. The molecule has 0 aliphatic carbocycles. The van der Waals surface area contributed by atoms with Gasteiger partial charge in [0.1, 0.15) is 11.3 Å². The van der Waals surface area contributed by atoms with Crippen LogP contribution in [0, 0.1) is 0 Å². The SMILES string of the molecule is CC(C)n1cnc2ccc3cnc(Nc4ccc(N5C[C@@H](C)N[C@@H](C)C5)cn4)nc3c21. The van der Waals surface area contributed by atoms with Crippen LogP contribution in [0.4, 0.5) is 17.5 Å². The minimum Gasteiger partial charge on any atom is -0.367 e. The zero-order valence-electron chi connectivity index (χ0n) is 18.4. The molecule has 1 aromatic carbocycles. The standard InChI is InChI=1S/C23H28N8/c1-14(2)31-13-26-19-7-5-17-9-25-23(29-21(17)22(19)31)28-20-8-6-18(10-24-20)30-11-15(3)27-16(4)12-30/h5-10,13-16,27H,11-12H2,1-4H3,(H,24,25,28,29)/t15-,16+. The highest BCUT2D eigenvalue weighted by molar-refractivity contribution is 6.02. The predicted molar refractivity (Wildman–Crippen MR) is 125 cm³/mol. The Labute approximate surface area is 181 Å². The molecule has 2 N–H and O–H groups in total. The largest absolute Gasteiger partial charge is 0.367 e. The molecule has 1 aliphatic heterocycles. The van der Waals surface area contributed by atoms with Gasteiger partial charge in [0.25, 0.3) is 0 Å². The number of nitrogens with one attached hydrogen (secondary N) is 2. The highest BCUT2D eigenvalue weighted by atomic mass is 15.2. The van der Waals surface area contributed by atoms with E-state index in [1.807, 2.05) is 36.9 Å². The van der Waals surface area contributed by atoms with Crippen molar-refractivity contribution in [3.63, 3.8) is 0 Å². The van der Waals surface area contributed by atoms with Gasteiger partial charge in [-0.15, -0.1) is 0 Å². The van der Waals surface area contributed by atoms with Gasteiger partial charge in [0.15, 0.2) is 0 Å². The molecule has 4 aromatic rings. The molecule has 1 fully saturated rings. The number of anilines is 3. The summed E-state index contributed by atoms with van der Waals surface area (Å²) in [7, 11) is 0. The van der Waals surface area contributed by atoms with Crippen LogP contribution in [0.3, 0.4) is 0 Å². The second-order valence-corrected chi connectivity index (χ2v) is 8.71. The molecule has 0 radical (unpaired) electrons. The second kappa shape index (κ2) is 7.77. The lowest BCUT2D eigenvalue weighted by Gasteiger charge is -2.37. The molecule has 160 valence electrons. The number of imidazole rings is 1. The number of hydrogen-bond donors (Lipinski definition) is 2. The van der Waals surface area contributed by atoms with E-state index in [1.54, 1.807) is 0 Å². The fraction of sp³-hybridized carbons (Fsp3) is 0.391. The van der Waals surface area contributed by atoms with Crippen LogP contribution in [0.2, 0.25) is 0 Å². The third-order valence-corrected chi connectivity index (χ3v) is 5.75. The maximum absolute atomic E-state index is 4.80. The minimum atomic E-state index is 0.298. The lowest BCUT2D eigenvalue weighted by Crippen LogP contribution is -2.54. The quantitative estimate of drug-likeness (QED) is 0.522. The van der Waals surface area contributed by atoms with Crippen molar-refractivity contribution in [1.82, 2.24) is 29.8 Å². The van der Waals surface area contributed by atoms with Crippen molar-refractivity contribution >= 4 is 39.4 Å². The molecule has 0 spiro atoms. The molecule has 4 heterocycles.